The van der Waals surface area contributed by atoms with Crippen molar-refractivity contribution in [3.05, 3.63) is 84.1 Å². The van der Waals surface area contributed by atoms with Crippen LogP contribution in [-0.2, 0) is 11.0 Å². The number of amides is 5. The smallest absolute Gasteiger partial charge is 0.320 e. The summed E-state index contributed by atoms with van der Waals surface area (Å²) in [6.07, 6.45) is -2.37. The minimum Gasteiger partial charge on any atom is -0.320 e. The van der Waals surface area contributed by atoms with Gasteiger partial charge in [-0.05, 0) is 36.2 Å². The van der Waals surface area contributed by atoms with Crippen LogP contribution in [0.1, 0.15) is 23.5 Å². The molecule has 1 N–H and O–H groups in total. The van der Waals surface area contributed by atoms with E-state index in [1.807, 2.05) is 30.3 Å². The second kappa shape index (κ2) is 9.40. The van der Waals surface area contributed by atoms with Gasteiger partial charge in [-0.25, -0.2) is 9.59 Å². The number of anilines is 1. The van der Waals surface area contributed by atoms with Gasteiger partial charge in [0.05, 0.1) is 23.5 Å². The molecule has 2 aromatic carbocycles. The average molecular weight is 536 g/mol. The maximum atomic E-state index is 13.3. The fourth-order valence-corrected chi connectivity index (χ4v) is 5.40. The van der Waals surface area contributed by atoms with E-state index >= 15 is 0 Å². The number of hydrogen-bond donors (Lipinski definition) is 1. The largest absolute Gasteiger partial charge is 0.416 e. The lowest BCUT2D eigenvalue weighted by molar-refractivity contribution is -0.137. The number of benzene rings is 2. The Labute approximate surface area is 222 Å². The SMILES string of the molecule is O=C(Nc1cccnc1-c1cccc(C(F)(F)F)c1)N1CCN2C(=O)N([C@H]3C[C@@H]3c3ccccc3)C(=O)C2C1. The first-order valence-electron chi connectivity index (χ1n) is 12.6. The fraction of sp³-hybridized carbons (Fsp3) is 0.286. The zero-order valence-electron chi connectivity index (χ0n) is 20.6. The van der Waals surface area contributed by atoms with Gasteiger partial charge < -0.3 is 15.1 Å². The molecule has 2 aliphatic heterocycles. The third-order valence-electron chi connectivity index (χ3n) is 7.47. The Kier molecular flexibility index (Phi) is 6.00. The van der Waals surface area contributed by atoms with Crippen molar-refractivity contribution in [1.29, 1.82) is 0 Å². The van der Waals surface area contributed by atoms with Crippen molar-refractivity contribution in [1.82, 2.24) is 19.7 Å². The normalized spacial score (nSPS) is 22.6. The van der Waals surface area contributed by atoms with E-state index < -0.39 is 23.8 Å². The number of halogens is 3. The molecule has 0 spiro atoms. The van der Waals surface area contributed by atoms with Crippen LogP contribution in [0.25, 0.3) is 11.3 Å². The predicted octanol–water partition coefficient (Wildman–Crippen LogP) is 4.80. The molecule has 8 nitrogen and oxygen atoms in total. The zero-order chi connectivity index (χ0) is 27.3. The Hall–Kier alpha value is -4.41. The first-order chi connectivity index (χ1) is 18.7. The lowest BCUT2D eigenvalue weighted by atomic mass is 10.1. The molecule has 0 radical (unpaired) electrons. The van der Waals surface area contributed by atoms with Crippen molar-refractivity contribution in [2.75, 3.05) is 25.0 Å². The van der Waals surface area contributed by atoms with Gasteiger partial charge in [0.25, 0.3) is 5.91 Å². The monoisotopic (exact) mass is 535 g/mol. The number of piperazine rings is 1. The summed E-state index contributed by atoms with van der Waals surface area (Å²) >= 11 is 0. The lowest BCUT2D eigenvalue weighted by Gasteiger charge is -2.35. The second-order valence-electron chi connectivity index (χ2n) is 9.87. The lowest BCUT2D eigenvalue weighted by Crippen LogP contribution is -2.55. The van der Waals surface area contributed by atoms with E-state index in [0.717, 1.165) is 17.7 Å². The van der Waals surface area contributed by atoms with Gasteiger partial charge in [0.1, 0.15) is 6.04 Å². The van der Waals surface area contributed by atoms with E-state index in [9.17, 15) is 27.6 Å². The maximum Gasteiger partial charge on any atom is 0.416 e. The van der Waals surface area contributed by atoms with E-state index in [4.69, 9.17) is 0 Å². The Morgan fingerprint density at radius 2 is 1.77 bits per heavy atom. The molecule has 0 bridgehead atoms. The molecule has 3 heterocycles. The van der Waals surface area contributed by atoms with Crippen molar-refractivity contribution < 1.29 is 27.6 Å². The van der Waals surface area contributed by atoms with E-state index in [0.29, 0.717) is 6.42 Å². The summed E-state index contributed by atoms with van der Waals surface area (Å²) in [6, 6.07) is 15.8. The molecule has 2 saturated heterocycles. The van der Waals surface area contributed by atoms with Crippen LogP contribution in [0.15, 0.2) is 72.9 Å². The van der Waals surface area contributed by atoms with Crippen LogP contribution in [0.3, 0.4) is 0 Å². The number of imide groups is 1. The number of pyridine rings is 1. The van der Waals surface area contributed by atoms with Gasteiger partial charge >= 0.3 is 18.2 Å². The number of fused-ring (bicyclic) bond motifs is 1. The van der Waals surface area contributed by atoms with Crippen LogP contribution in [0.4, 0.5) is 28.4 Å². The van der Waals surface area contributed by atoms with Gasteiger partial charge in [0, 0.05) is 36.8 Å². The van der Waals surface area contributed by atoms with Crippen LogP contribution < -0.4 is 5.32 Å². The van der Waals surface area contributed by atoms with Crippen LogP contribution in [0.5, 0.6) is 0 Å². The van der Waals surface area contributed by atoms with Crippen LogP contribution in [-0.4, -0.2) is 69.4 Å². The van der Waals surface area contributed by atoms with E-state index in [2.05, 4.69) is 10.3 Å². The van der Waals surface area contributed by atoms with E-state index in [1.54, 1.807) is 12.1 Å². The highest BCUT2D eigenvalue weighted by molar-refractivity contribution is 6.06. The summed E-state index contributed by atoms with van der Waals surface area (Å²) in [4.78, 5) is 48.1. The number of rotatable bonds is 4. The molecule has 1 aromatic heterocycles. The summed E-state index contributed by atoms with van der Waals surface area (Å²) in [5.74, 6) is -0.202. The highest BCUT2D eigenvalue weighted by Gasteiger charge is 2.56. The zero-order valence-corrected chi connectivity index (χ0v) is 20.6. The molecule has 11 heteroatoms. The predicted molar refractivity (Wildman–Crippen MR) is 136 cm³/mol. The number of aromatic nitrogens is 1. The van der Waals surface area contributed by atoms with Gasteiger partial charge in [0.15, 0.2) is 0 Å². The van der Waals surface area contributed by atoms with E-state index in [1.165, 1.54) is 33.0 Å². The highest BCUT2D eigenvalue weighted by Crippen LogP contribution is 2.47. The first-order valence-corrected chi connectivity index (χ1v) is 12.6. The molecular weight excluding hydrogens is 511 g/mol. The molecule has 6 rings (SSSR count). The Morgan fingerprint density at radius 3 is 2.54 bits per heavy atom. The summed E-state index contributed by atoms with van der Waals surface area (Å²) in [5, 5.41) is 2.73. The highest BCUT2D eigenvalue weighted by atomic mass is 19.4. The second-order valence-corrected chi connectivity index (χ2v) is 9.87. The molecular formula is C28H24F3N5O3. The number of carbonyl (C=O) groups excluding carboxylic acids is 3. The van der Waals surface area contributed by atoms with Gasteiger partial charge in [-0.2, -0.15) is 13.2 Å². The third-order valence-corrected chi connectivity index (χ3v) is 7.47. The van der Waals surface area contributed by atoms with Gasteiger partial charge in [-0.1, -0.05) is 42.5 Å². The summed E-state index contributed by atoms with van der Waals surface area (Å²) in [7, 11) is 0. The number of urea groups is 2. The summed E-state index contributed by atoms with van der Waals surface area (Å²) in [5.41, 5.74) is 0.897. The number of carbonyl (C=O) groups is 3. The van der Waals surface area contributed by atoms with Crippen LogP contribution in [0, 0.1) is 0 Å². The maximum absolute atomic E-state index is 13.3. The molecule has 5 amide bonds. The Bertz CT molecular complexity index is 1450. The standard InChI is InChI=1S/C28H24F3N5O3/c29-28(30,31)19-9-4-8-18(14-19)24-21(10-5-11-32-24)33-26(38)34-12-13-35-23(16-34)25(37)36(27(35)39)22-15-20(22)17-6-2-1-3-7-17/h1-11,14,20,22-23H,12-13,15-16H2,(H,33,38)/t20-,22+,23?/m1/s1. The molecule has 1 unspecified atom stereocenters. The van der Waals surface area contributed by atoms with Crippen molar-refractivity contribution >= 4 is 23.7 Å². The quantitative estimate of drug-likeness (QED) is 0.487. The van der Waals surface area contributed by atoms with Gasteiger partial charge in [-0.3, -0.25) is 14.7 Å². The molecule has 200 valence electrons. The fourth-order valence-electron chi connectivity index (χ4n) is 5.40. The molecule has 3 aliphatic rings. The average Bonchev–Trinajstić information content (AvgIpc) is 3.69. The molecule has 3 aromatic rings. The van der Waals surface area contributed by atoms with Crippen LogP contribution in [0.2, 0.25) is 0 Å². The third kappa shape index (κ3) is 4.58. The van der Waals surface area contributed by atoms with Crippen molar-refractivity contribution in [3.63, 3.8) is 0 Å². The first kappa shape index (κ1) is 24.9. The minimum atomic E-state index is -4.52. The number of nitrogens with one attached hydrogen (secondary N) is 1. The molecule has 3 fully saturated rings. The topological polar surface area (TPSA) is 85.8 Å². The van der Waals surface area contributed by atoms with Crippen molar-refractivity contribution in [3.8, 4) is 11.3 Å². The number of alkyl halides is 3. The molecule has 1 aliphatic carbocycles. The number of nitrogens with zero attached hydrogens (tertiary/aromatic N) is 4. The summed E-state index contributed by atoms with van der Waals surface area (Å²) in [6.45, 7) is 0.436. The minimum absolute atomic E-state index is 0.0226. The van der Waals surface area contributed by atoms with Crippen molar-refractivity contribution in [2.45, 2.75) is 30.6 Å². The molecule has 3 atom stereocenters. The molecule has 1 saturated carbocycles. The van der Waals surface area contributed by atoms with Crippen molar-refractivity contribution in [2.24, 2.45) is 0 Å². The van der Waals surface area contributed by atoms with E-state index in [-0.39, 0.29) is 60.5 Å². The molecule has 39 heavy (non-hydrogen) atoms. The van der Waals surface area contributed by atoms with Gasteiger partial charge in [0.2, 0.25) is 0 Å². The summed E-state index contributed by atoms with van der Waals surface area (Å²) < 4.78 is 39.7. The Morgan fingerprint density at radius 1 is 0.974 bits per heavy atom. The van der Waals surface area contributed by atoms with Crippen LogP contribution >= 0.6 is 0 Å². The van der Waals surface area contributed by atoms with Gasteiger partial charge in [-0.15, -0.1) is 0 Å². The number of hydrogen-bond acceptors (Lipinski definition) is 4. The Balaban J connectivity index is 1.16.